The predicted octanol–water partition coefficient (Wildman–Crippen LogP) is 3.46. The van der Waals surface area contributed by atoms with Gasteiger partial charge in [-0.15, -0.1) is 11.3 Å². The maximum absolute atomic E-state index is 12.1. The third-order valence-electron chi connectivity index (χ3n) is 4.98. The highest BCUT2D eigenvalue weighted by atomic mass is 32.1. The highest BCUT2D eigenvalue weighted by Gasteiger charge is 2.20. The summed E-state index contributed by atoms with van der Waals surface area (Å²) in [7, 11) is 0. The average molecular weight is 428 g/mol. The van der Waals surface area contributed by atoms with Crippen molar-refractivity contribution >= 4 is 39.2 Å². The van der Waals surface area contributed by atoms with E-state index in [0.717, 1.165) is 42.2 Å². The van der Waals surface area contributed by atoms with Crippen LogP contribution in [0.2, 0.25) is 0 Å². The number of hydrogen-bond acceptors (Lipinski definition) is 8. The van der Waals surface area contributed by atoms with Crippen molar-refractivity contribution in [1.29, 1.82) is 0 Å². The SMILES string of the molecule is CCOc1ccccc1NC(=O)OCCN1CCN(c2ncnc3sccc23)CC1. The Morgan fingerprint density at radius 1 is 1.17 bits per heavy atom. The maximum atomic E-state index is 12.1. The zero-order valence-corrected chi connectivity index (χ0v) is 17.7. The van der Waals surface area contributed by atoms with Crippen LogP contribution >= 0.6 is 11.3 Å². The number of para-hydroxylation sites is 2. The van der Waals surface area contributed by atoms with Crippen LogP contribution in [0.15, 0.2) is 42.0 Å². The van der Waals surface area contributed by atoms with Crippen molar-refractivity contribution in [3.8, 4) is 5.75 Å². The minimum absolute atomic E-state index is 0.338. The number of amides is 1. The number of carbonyl (C=O) groups is 1. The first-order chi connectivity index (χ1) is 14.7. The number of aromatic nitrogens is 2. The van der Waals surface area contributed by atoms with Gasteiger partial charge in [0.05, 0.1) is 17.7 Å². The molecular weight excluding hydrogens is 402 g/mol. The van der Waals surface area contributed by atoms with E-state index in [1.807, 2.05) is 30.5 Å². The van der Waals surface area contributed by atoms with E-state index >= 15 is 0 Å². The van der Waals surface area contributed by atoms with Crippen molar-refractivity contribution in [3.63, 3.8) is 0 Å². The summed E-state index contributed by atoms with van der Waals surface area (Å²) in [5, 5.41) is 5.91. The Balaban J connectivity index is 1.22. The smallest absolute Gasteiger partial charge is 0.411 e. The van der Waals surface area contributed by atoms with E-state index in [-0.39, 0.29) is 0 Å². The first-order valence-corrected chi connectivity index (χ1v) is 10.9. The van der Waals surface area contributed by atoms with Crippen LogP contribution in [0, 0.1) is 0 Å². The first-order valence-electron chi connectivity index (χ1n) is 10.1. The summed E-state index contributed by atoms with van der Waals surface area (Å²) in [6, 6.07) is 9.41. The Hall–Kier alpha value is -2.91. The van der Waals surface area contributed by atoms with E-state index in [1.165, 1.54) is 0 Å². The van der Waals surface area contributed by atoms with E-state index in [0.29, 0.717) is 31.2 Å². The van der Waals surface area contributed by atoms with Gasteiger partial charge in [-0.25, -0.2) is 14.8 Å². The number of benzene rings is 1. The number of carbonyl (C=O) groups excluding carboxylic acids is 1. The van der Waals surface area contributed by atoms with Gasteiger partial charge < -0.3 is 14.4 Å². The number of hydrogen-bond donors (Lipinski definition) is 1. The van der Waals surface area contributed by atoms with Gasteiger partial charge in [-0.1, -0.05) is 12.1 Å². The molecule has 1 aromatic carbocycles. The molecular formula is C21H25N5O3S. The van der Waals surface area contributed by atoms with Crippen LogP contribution in [0.3, 0.4) is 0 Å². The summed E-state index contributed by atoms with van der Waals surface area (Å²) in [5.74, 6) is 1.64. The number of rotatable bonds is 7. The highest BCUT2D eigenvalue weighted by Crippen LogP contribution is 2.27. The first kappa shape index (κ1) is 20.4. The van der Waals surface area contributed by atoms with Crippen LogP contribution in [0.25, 0.3) is 10.2 Å². The number of ether oxygens (including phenoxy) is 2. The monoisotopic (exact) mass is 427 g/mol. The van der Waals surface area contributed by atoms with Gasteiger partial charge >= 0.3 is 6.09 Å². The molecule has 8 nitrogen and oxygen atoms in total. The number of thiophene rings is 1. The largest absolute Gasteiger partial charge is 0.492 e. The lowest BCUT2D eigenvalue weighted by molar-refractivity contribution is 0.137. The predicted molar refractivity (Wildman–Crippen MR) is 119 cm³/mol. The van der Waals surface area contributed by atoms with Crippen LogP contribution in [0.5, 0.6) is 5.75 Å². The topological polar surface area (TPSA) is 79.8 Å². The molecule has 2 aromatic heterocycles. The van der Waals surface area contributed by atoms with Crippen molar-refractivity contribution in [2.75, 3.05) is 56.2 Å². The van der Waals surface area contributed by atoms with Crippen LogP contribution in [-0.2, 0) is 4.74 Å². The van der Waals surface area contributed by atoms with Gasteiger partial charge in [0.2, 0.25) is 0 Å². The van der Waals surface area contributed by atoms with E-state index in [1.54, 1.807) is 23.7 Å². The summed E-state index contributed by atoms with van der Waals surface area (Å²) in [4.78, 5) is 26.5. The number of nitrogens with one attached hydrogen (secondary N) is 1. The van der Waals surface area contributed by atoms with Gasteiger partial charge in [0, 0.05) is 32.7 Å². The summed E-state index contributed by atoms with van der Waals surface area (Å²) in [6.45, 7) is 7.04. The summed E-state index contributed by atoms with van der Waals surface area (Å²) in [6.07, 6.45) is 1.16. The second kappa shape index (κ2) is 9.73. The molecule has 1 amide bonds. The fraction of sp³-hybridized carbons (Fsp3) is 0.381. The Morgan fingerprint density at radius 2 is 2.00 bits per heavy atom. The molecule has 30 heavy (non-hydrogen) atoms. The molecule has 3 aromatic rings. The maximum Gasteiger partial charge on any atom is 0.411 e. The Kier molecular flexibility index (Phi) is 6.60. The second-order valence-electron chi connectivity index (χ2n) is 6.86. The molecule has 1 fully saturated rings. The normalized spacial score (nSPS) is 14.6. The third kappa shape index (κ3) is 4.80. The molecule has 0 aliphatic carbocycles. The van der Waals surface area contributed by atoms with Crippen molar-refractivity contribution in [2.24, 2.45) is 0 Å². The molecule has 0 saturated carbocycles. The molecule has 1 saturated heterocycles. The lowest BCUT2D eigenvalue weighted by Gasteiger charge is -2.35. The van der Waals surface area contributed by atoms with Gasteiger partial charge in [0.15, 0.2) is 0 Å². The lowest BCUT2D eigenvalue weighted by Crippen LogP contribution is -2.47. The molecule has 1 aliphatic rings. The molecule has 158 valence electrons. The van der Waals surface area contributed by atoms with Crippen molar-refractivity contribution < 1.29 is 14.3 Å². The van der Waals surface area contributed by atoms with E-state index in [2.05, 4.69) is 31.2 Å². The summed E-state index contributed by atoms with van der Waals surface area (Å²) < 4.78 is 10.9. The Morgan fingerprint density at radius 3 is 2.83 bits per heavy atom. The highest BCUT2D eigenvalue weighted by molar-refractivity contribution is 7.16. The standard InChI is InChI=1S/C21H25N5O3S/c1-2-28-18-6-4-3-5-17(18)24-21(27)29-13-12-25-8-10-26(11-9-25)19-16-7-14-30-20(16)23-15-22-19/h3-7,14-15H,2,8-13H2,1H3,(H,24,27). The number of fused-ring (bicyclic) bond motifs is 1. The van der Waals surface area contributed by atoms with Gasteiger partial charge in [-0.05, 0) is 30.5 Å². The van der Waals surface area contributed by atoms with E-state index in [9.17, 15) is 4.79 Å². The van der Waals surface area contributed by atoms with Crippen LogP contribution in [-0.4, -0.2) is 66.9 Å². The zero-order valence-electron chi connectivity index (χ0n) is 16.9. The number of piperazine rings is 1. The van der Waals surface area contributed by atoms with Gasteiger partial charge in [0.25, 0.3) is 0 Å². The summed E-state index contributed by atoms with van der Waals surface area (Å²) in [5.41, 5.74) is 0.613. The molecule has 1 aliphatic heterocycles. The van der Waals surface area contributed by atoms with Crippen molar-refractivity contribution in [2.45, 2.75) is 6.92 Å². The molecule has 4 rings (SSSR count). The van der Waals surface area contributed by atoms with E-state index < -0.39 is 6.09 Å². The fourth-order valence-electron chi connectivity index (χ4n) is 3.48. The molecule has 0 unspecified atom stereocenters. The van der Waals surface area contributed by atoms with E-state index in [4.69, 9.17) is 9.47 Å². The second-order valence-corrected chi connectivity index (χ2v) is 7.75. The number of nitrogens with zero attached hydrogens (tertiary/aromatic N) is 4. The Bertz CT molecular complexity index is 987. The Labute approximate surface area is 179 Å². The summed E-state index contributed by atoms with van der Waals surface area (Å²) >= 11 is 1.63. The van der Waals surface area contributed by atoms with Crippen molar-refractivity contribution in [1.82, 2.24) is 14.9 Å². The molecule has 0 atom stereocenters. The minimum Gasteiger partial charge on any atom is -0.492 e. The third-order valence-corrected chi connectivity index (χ3v) is 5.80. The lowest BCUT2D eigenvalue weighted by atomic mass is 10.3. The van der Waals surface area contributed by atoms with Crippen LogP contribution in [0.4, 0.5) is 16.3 Å². The molecule has 0 bridgehead atoms. The minimum atomic E-state index is -0.471. The molecule has 3 heterocycles. The fourth-order valence-corrected chi connectivity index (χ4v) is 4.20. The quantitative estimate of drug-likeness (QED) is 0.618. The molecule has 1 N–H and O–H groups in total. The molecule has 0 spiro atoms. The van der Waals surface area contributed by atoms with Gasteiger partial charge in [-0.2, -0.15) is 0 Å². The van der Waals surface area contributed by atoms with Gasteiger partial charge in [-0.3, -0.25) is 10.2 Å². The van der Waals surface area contributed by atoms with Crippen molar-refractivity contribution in [3.05, 3.63) is 42.0 Å². The average Bonchev–Trinajstić information content (AvgIpc) is 3.25. The van der Waals surface area contributed by atoms with Gasteiger partial charge in [0.1, 0.15) is 29.3 Å². The molecule has 0 radical (unpaired) electrons. The molecule has 9 heteroatoms. The van der Waals surface area contributed by atoms with Crippen LogP contribution in [0.1, 0.15) is 6.92 Å². The number of anilines is 2. The zero-order chi connectivity index (χ0) is 20.8. The van der Waals surface area contributed by atoms with Crippen LogP contribution < -0.4 is 15.0 Å².